The summed E-state index contributed by atoms with van der Waals surface area (Å²) >= 11 is 1.23. The highest BCUT2D eigenvalue weighted by atomic mass is 32.2. The second-order valence-electron chi connectivity index (χ2n) is 3.53. The van der Waals surface area contributed by atoms with Crippen molar-refractivity contribution in [1.29, 1.82) is 0 Å². The molecule has 2 aromatic rings. The third-order valence-corrected chi connectivity index (χ3v) is 3.94. The van der Waals surface area contributed by atoms with Crippen molar-refractivity contribution in [1.82, 2.24) is 4.98 Å². The standard InChI is InChI=1S/C10H10N4O3S2/c11-9(15)14(10-13-5-6-18-10)7-1-3-8(4-2-7)19(12,16)17/h1-6H,(H2,11,15)(H2,12,16,17). The van der Waals surface area contributed by atoms with Gasteiger partial charge in [-0.3, -0.25) is 0 Å². The fourth-order valence-electron chi connectivity index (χ4n) is 1.44. The zero-order valence-corrected chi connectivity index (χ0v) is 11.2. The zero-order valence-electron chi connectivity index (χ0n) is 9.55. The molecule has 7 nitrogen and oxygen atoms in total. The Morgan fingerprint density at radius 1 is 1.26 bits per heavy atom. The number of rotatable bonds is 3. The number of benzene rings is 1. The van der Waals surface area contributed by atoms with E-state index < -0.39 is 16.1 Å². The third kappa shape index (κ3) is 2.89. The van der Waals surface area contributed by atoms with Crippen molar-refractivity contribution in [3.05, 3.63) is 35.8 Å². The van der Waals surface area contributed by atoms with E-state index in [1.165, 1.54) is 46.7 Å². The lowest BCUT2D eigenvalue weighted by molar-refractivity contribution is 0.256. The molecule has 1 aromatic carbocycles. The van der Waals surface area contributed by atoms with Crippen LogP contribution in [-0.4, -0.2) is 19.4 Å². The smallest absolute Gasteiger partial charge is 0.325 e. The Morgan fingerprint density at radius 3 is 2.32 bits per heavy atom. The van der Waals surface area contributed by atoms with Crippen molar-refractivity contribution in [2.75, 3.05) is 4.90 Å². The zero-order chi connectivity index (χ0) is 14.0. The monoisotopic (exact) mass is 298 g/mol. The maximum absolute atomic E-state index is 11.5. The van der Waals surface area contributed by atoms with Gasteiger partial charge in [-0.15, -0.1) is 11.3 Å². The number of carbonyl (C=O) groups excluding carboxylic acids is 1. The predicted octanol–water partition coefficient (Wildman–Crippen LogP) is 1.01. The maximum Gasteiger partial charge on any atom is 0.325 e. The highest BCUT2D eigenvalue weighted by Gasteiger charge is 2.18. The molecule has 0 saturated heterocycles. The van der Waals surface area contributed by atoms with Crippen LogP contribution in [0, 0.1) is 0 Å². The van der Waals surface area contributed by atoms with Crippen molar-refractivity contribution in [3.63, 3.8) is 0 Å². The number of primary sulfonamides is 1. The van der Waals surface area contributed by atoms with Crippen molar-refractivity contribution in [2.45, 2.75) is 4.90 Å². The minimum Gasteiger partial charge on any atom is -0.351 e. The first-order chi connectivity index (χ1) is 8.89. The van der Waals surface area contributed by atoms with E-state index in [0.29, 0.717) is 10.8 Å². The van der Waals surface area contributed by atoms with E-state index in [2.05, 4.69) is 4.98 Å². The van der Waals surface area contributed by atoms with E-state index in [-0.39, 0.29) is 4.90 Å². The first-order valence-corrected chi connectivity index (χ1v) is 7.44. The van der Waals surface area contributed by atoms with E-state index in [9.17, 15) is 13.2 Å². The molecule has 0 unspecified atom stereocenters. The maximum atomic E-state index is 11.5. The fourth-order valence-corrected chi connectivity index (χ4v) is 2.62. The average Bonchev–Trinajstić information content (AvgIpc) is 2.82. The van der Waals surface area contributed by atoms with Crippen LogP contribution in [0.15, 0.2) is 40.7 Å². The second kappa shape index (κ2) is 4.96. The number of carbonyl (C=O) groups is 1. The summed E-state index contributed by atoms with van der Waals surface area (Å²) in [6.45, 7) is 0. The lowest BCUT2D eigenvalue weighted by Gasteiger charge is -2.17. The molecule has 0 aliphatic heterocycles. The molecule has 9 heteroatoms. The van der Waals surface area contributed by atoms with Crippen LogP contribution in [0.5, 0.6) is 0 Å². The molecule has 2 rings (SSSR count). The molecule has 0 atom stereocenters. The Bertz CT molecular complexity index is 680. The number of thiazole rings is 1. The van der Waals surface area contributed by atoms with E-state index in [1.807, 2.05) is 0 Å². The number of anilines is 2. The summed E-state index contributed by atoms with van der Waals surface area (Å²) in [6.07, 6.45) is 1.54. The molecule has 0 aliphatic rings. The van der Waals surface area contributed by atoms with Gasteiger partial charge in [-0.25, -0.2) is 28.2 Å². The van der Waals surface area contributed by atoms with Crippen LogP contribution in [0.3, 0.4) is 0 Å². The quantitative estimate of drug-likeness (QED) is 0.878. The van der Waals surface area contributed by atoms with E-state index in [1.54, 1.807) is 5.38 Å². The van der Waals surface area contributed by atoms with Crippen LogP contribution in [0.4, 0.5) is 15.6 Å². The summed E-state index contributed by atoms with van der Waals surface area (Å²) < 4.78 is 22.3. The van der Waals surface area contributed by atoms with Gasteiger partial charge in [-0.2, -0.15) is 0 Å². The first kappa shape index (κ1) is 13.5. The molecular weight excluding hydrogens is 288 g/mol. The molecular formula is C10H10N4O3S2. The lowest BCUT2D eigenvalue weighted by Crippen LogP contribution is -2.31. The minimum atomic E-state index is -3.77. The summed E-state index contributed by atoms with van der Waals surface area (Å²) in [5.74, 6) is 0. The van der Waals surface area contributed by atoms with Gasteiger partial charge in [0.15, 0.2) is 5.13 Å². The highest BCUT2D eigenvalue weighted by molar-refractivity contribution is 7.89. The second-order valence-corrected chi connectivity index (χ2v) is 5.96. The fraction of sp³-hybridized carbons (Fsp3) is 0. The summed E-state index contributed by atoms with van der Waals surface area (Å²) in [6, 6.07) is 4.76. The Labute approximate surface area is 113 Å². The third-order valence-electron chi connectivity index (χ3n) is 2.25. The number of hydrogen-bond acceptors (Lipinski definition) is 5. The molecule has 0 aliphatic carbocycles. The van der Waals surface area contributed by atoms with Crippen molar-refractivity contribution in [2.24, 2.45) is 10.9 Å². The molecule has 0 spiro atoms. The molecule has 100 valence electrons. The molecule has 0 saturated carbocycles. The van der Waals surface area contributed by atoms with Gasteiger partial charge in [0.1, 0.15) is 0 Å². The number of nitrogens with zero attached hydrogens (tertiary/aromatic N) is 2. The Kier molecular flexibility index (Phi) is 3.51. The number of amides is 2. The molecule has 0 fully saturated rings. The number of hydrogen-bond donors (Lipinski definition) is 2. The van der Waals surface area contributed by atoms with Crippen LogP contribution >= 0.6 is 11.3 Å². The number of aromatic nitrogens is 1. The van der Waals surface area contributed by atoms with E-state index in [4.69, 9.17) is 10.9 Å². The summed E-state index contributed by atoms with van der Waals surface area (Å²) in [5.41, 5.74) is 5.71. The van der Waals surface area contributed by atoms with E-state index >= 15 is 0 Å². The highest BCUT2D eigenvalue weighted by Crippen LogP contribution is 2.27. The van der Waals surface area contributed by atoms with Gasteiger partial charge >= 0.3 is 6.03 Å². The lowest BCUT2D eigenvalue weighted by atomic mass is 10.3. The minimum absolute atomic E-state index is 0.0418. The number of nitrogens with two attached hydrogens (primary N) is 2. The van der Waals surface area contributed by atoms with Gasteiger partial charge in [0.2, 0.25) is 10.0 Å². The largest absolute Gasteiger partial charge is 0.351 e. The van der Waals surface area contributed by atoms with Gasteiger partial charge in [-0.05, 0) is 24.3 Å². The molecule has 4 N–H and O–H groups in total. The van der Waals surface area contributed by atoms with Gasteiger partial charge in [0.25, 0.3) is 0 Å². The Balaban J connectivity index is 2.42. The van der Waals surface area contributed by atoms with E-state index in [0.717, 1.165) is 0 Å². The number of primary amides is 1. The van der Waals surface area contributed by atoms with Gasteiger partial charge in [0, 0.05) is 11.6 Å². The molecule has 1 aromatic heterocycles. The van der Waals surface area contributed by atoms with Crippen molar-refractivity contribution < 1.29 is 13.2 Å². The van der Waals surface area contributed by atoms with Crippen molar-refractivity contribution in [3.8, 4) is 0 Å². The average molecular weight is 298 g/mol. The van der Waals surface area contributed by atoms with Crippen molar-refractivity contribution >= 4 is 38.2 Å². The topological polar surface area (TPSA) is 119 Å². The SMILES string of the molecule is NC(=O)N(c1ccc(S(N)(=O)=O)cc1)c1nccs1. The van der Waals surface area contributed by atoms with Gasteiger partial charge in [0.05, 0.1) is 10.6 Å². The summed E-state index contributed by atoms with van der Waals surface area (Å²) in [4.78, 5) is 16.6. The molecule has 2 amide bonds. The Morgan fingerprint density at radius 2 is 1.89 bits per heavy atom. The summed E-state index contributed by atoms with van der Waals surface area (Å²) in [5, 5.41) is 7.09. The van der Waals surface area contributed by atoms with Crippen LogP contribution < -0.4 is 15.8 Å². The van der Waals surface area contributed by atoms with Crippen LogP contribution in [0.25, 0.3) is 0 Å². The van der Waals surface area contributed by atoms with Gasteiger partial charge in [-0.1, -0.05) is 0 Å². The Hall–Kier alpha value is -1.97. The number of urea groups is 1. The van der Waals surface area contributed by atoms with Crippen LogP contribution in [0.2, 0.25) is 0 Å². The van der Waals surface area contributed by atoms with Crippen LogP contribution in [-0.2, 0) is 10.0 Å². The molecule has 19 heavy (non-hydrogen) atoms. The van der Waals surface area contributed by atoms with Crippen LogP contribution in [0.1, 0.15) is 0 Å². The summed E-state index contributed by atoms with van der Waals surface area (Å²) in [7, 11) is -3.77. The number of sulfonamides is 1. The molecule has 1 heterocycles. The first-order valence-electron chi connectivity index (χ1n) is 5.01. The molecule has 0 radical (unpaired) electrons. The van der Waals surface area contributed by atoms with Gasteiger partial charge < -0.3 is 5.73 Å². The predicted molar refractivity (Wildman–Crippen MR) is 71.7 cm³/mol. The normalized spacial score (nSPS) is 11.2. The molecule has 0 bridgehead atoms.